The highest BCUT2D eigenvalue weighted by Crippen LogP contribution is 2.33. The lowest BCUT2D eigenvalue weighted by atomic mass is 10.1. The Morgan fingerprint density at radius 2 is 1.77 bits per heavy atom. The number of aromatic nitrogens is 3. The predicted molar refractivity (Wildman–Crippen MR) is 90.4 cm³/mol. The normalized spacial score (nSPS) is 14.5. The third-order valence-corrected chi connectivity index (χ3v) is 3.61. The van der Waals surface area contributed by atoms with Gasteiger partial charge in [0.15, 0.2) is 0 Å². The average Bonchev–Trinajstić information content (AvgIpc) is 2.55. The van der Waals surface area contributed by atoms with Gasteiger partial charge in [-0.2, -0.15) is 4.98 Å². The first kappa shape index (κ1) is 16.3. The molecule has 0 saturated carbocycles. The summed E-state index contributed by atoms with van der Waals surface area (Å²) in [4.78, 5) is 15.6. The molecule has 2 aromatic rings. The summed E-state index contributed by atoms with van der Waals surface area (Å²) in [6.07, 6.45) is 3.66. The zero-order valence-corrected chi connectivity index (χ0v) is 13.9. The molecule has 0 amide bonds. The number of methoxy groups -OCH3 is 1. The van der Waals surface area contributed by atoms with Crippen LogP contribution in [0.1, 0.15) is 38.9 Å². The van der Waals surface area contributed by atoms with E-state index in [0.29, 0.717) is 11.7 Å². The van der Waals surface area contributed by atoms with Gasteiger partial charge in [0.05, 0.1) is 12.6 Å². The molecule has 0 aliphatic carbocycles. The van der Waals surface area contributed by atoms with Crippen molar-refractivity contribution in [1.29, 1.82) is 0 Å². The molecule has 120 valence electrons. The van der Waals surface area contributed by atoms with Crippen molar-refractivity contribution in [1.82, 2.24) is 15.0 Å². The summed E-state index contributed by atoms with van der Waals surface area (Å²) in [5, 5.41) is 0.856. The van der Waals surface area contributed by atoms with Crippen LogP contribution in [0.4, 0.5) is 11.6 Å². The van der Waals surface area contributed by atoms with E-state index in [1.54, 1.807) is 13.2 Å². The third-order valence-electron chi connectivity index (χ3n) is 3.61. The van der Waals surface area contributed by atoms with Crippen LogP contribution in [0.25, 0.3) is 10.9 Å². The third kappa shape index (κ3) is 3.21. The number of nitrogens with two attached hydrogens (primary N) is 1. The lowest BCUT2D eigenvalue weighted by Crippen LogP contribution is -2.30. The van der Waals surface area contributed by atoms with Gasteiger partial charge in [0.25, 0.3) is 0 Å². The first-order valence-corrected chi connectivity index (χ1v) is 7.93. The summed E-state index contributed by atoms with van der Waals surface area (Å²) in [6, 6.07) is 1.78. The van der Waals surface area contributed by atoms with Gasteiger partial charge in [-0.15, -0.1) is 0 Å². The molecule has 0 unspecified atom stereocenters. The van der Waals surface area contributed by atoms with Crippen LogP contribution in [0, 0.1) is 6.92 Å². The van der Waals surface area contributed by atoms with E-state index in [0.717, 1.165) is 35.6 Å². The number of hydrogen-bond acceptors (Lipinski definition) is 6. The molecule has 6 heteroatoms. The highest BCUT2D eigenvalue weighted by atomic mass is 16.5. The van der Waals surface area contributed by atoms with Crippen molar-refractivity contribution in [3.8, 4) is 5.88 Å². The van der Waals surface area contributed by atoms with E-state index in [2.05, 4.69) is 19.9 Å². The minimum atomic E-state index is 0.414. The van der Waals surface area contributed by atoms with Crippen molar-refractivity contribution >= 4 is 22.5 Å². The Bertz CT molecular complexity index is 633. The molecule has 0 spiro atoms. The highest BCUT2D eigenvalue weighted by Gasteiger charge is 2.20. The number of nitrogen functional groups attached to an aromatic ring is 1. The lowest BCUT2D eigenvalue weighted by Gasteiger charge is -2.29. The molecule has 1 aliphatic heterocycles. The van der Waals surface area contributed by atoms with Crippen molar-refractivity contribution < 1.29 is 4.74 Å². The standard InChI is InChI=1S/C14H19N5O.C2H6/c1-9-16-10-8-11(15)18-14(20-2)12(10)13(17-9)19-6-4-3-5-7-19;1-2/h8H,3-7H2,1-2H3,(H2,15,18);1-2H3. The molecule has 0 atom stereocenters. The van der Waals surface area contributed by atoms with E-state index in [1.807, 2.05) is 20.8 Å². The number of nitrogens with zero attached hydrogens (tertiary/aromatic N) is 4. The maximum absolute atomic E-state index is 5.81. The van der Waals surface area contributed by atoms with E-state index < -0.39 is 0 Å². The molecule has 3 heterocycles. The summed E-state index contributed by atoms with van der Waals surface area (Å²) in [5.41, 5.74) is 6.61. The van der Waals surface area contributed by atoms with Gasteiger partial charge in [-0.1, -0.05) is 13.8 Å². The number of fused-ring (bicyclic) bond motifs is 1. The fourth-order valence-electron chi connectivity index (χ4n) is 2.72. The van der Waals surface area contributed by atoms with Crippen LogP contribution >= 0.6 is 0 Å². The van der Waals surface area contributed by atoms with Crippen molar-refractivity contribution in [3.05, 3.63) is 11.9 Å². The van der Waals surface area contributed by atoms with E-state index in [4.69, 9.17) is 10.5 Å². The number of anilines is 2. The lowest BCUT2D eigenvalue weighted by molar-refractivity contribution is 0.403. The first-order chi connectivity index (χ1) is 10.7. The van der Waals surface area contributed by atoms with Gasteiger partial charge in [0, 0.05) is 19.2 Å². The summed E-state index contributed by atoms with van der Waals surface area (Å²) in [5.74, 6) is 2.57. The summed E-state index contributed by atoms with van der Waals surface area (Å²) in [7, 11) is 1.60. The van der Waals surface area contributed by atoms with Gasteiger partial charge < -0.3 is 15.4 Å². The van der Waals surface area contributed by atoms with Crippen molar-refractivity contribution in [3.63, 3.8) is 0 Å². The van der Waals surface area contributed by atoms with Crippen LogP contribution < -0.4 is 15.4 Å². The highest BCUT2D eigenvalue weighted by molar-refractivity contribution is 5.95. The van der Waals surface area contributed by atoms with Gasteiger partial charge in [0.1, 0.15) is 22.8 Å². The summed E-state index contributed by atoms with van der Waals surface area (Å²) >= 11 is 0. The first-order valence-electron chi connectivity index (χ1n) is 7.93. The van der Waals surface area contributed by atoms with E-state index in [9.17, 15) is 0 Å². The minimum Gasteiger partial charge on any atom is -0.480 e. The predicted octanol–water partition coefficient (Wildman–Crippen LogP) is 2.94. The number of hydrogen-bond donors (Lipinski definition) is 1. The van der Waals surface area contributed by atoms with Crippen LogP contribution in [0.15, 0.2) is 6.07 Å². The molecule has 2 aromatic heterocycles. The van der Waals surface area contributed by atoms with E-state index in [-0.39, 0.29) is 0 Å². The molecule has 1 aliphatic rings. The van der Waals surface area contributed by atoms with Gasteiger partial charge in [-0.3, -0.25) is 0 Å². The van der Waals surface area contributed by atoms with Crippen molar-refractivity contribution in [2.75, 3.05) is 30.8 Å². The molecule has 3 rings (SSSR count). The van der Waals surface area contributed by atoms with Crippen LogP contribution in [0.2, 0.25) is 0 Å². The largest absolute Gasteiger partial charge is 0.480 e. The van der Waals surface area contributed by atoms with E-state index >= 15 is 0 Å². The Hall–Kier alpha value is -2.11. The molecule has 0 aromatic carbocycles. The fraction of sp³-hybridized carbons (Fsp3) is 0.562. The molecule has 0 bridgehead atoms. The maximum Gasteiger partial charge on any atom is 0.228 e. The Labute approximate surface area is 131 Å². The second-order valence-electron chi connectivity index (χ2n) is 5.09. The number of aryl methyl sites for hydroxylation is 1. The SMILES string of the molecule is CC.COc1nc(N)cc2nc(C)nc(N3CCCCC3)c12. The van der Waals surface area contributed by atoms with Crippen molar-refractivity contribution in [2.24, 2.45) is 0 Å². The average molecular weight is 303 g/mol. The second-order valence-corrected chi connectivity index (χ2v) is 5.09. The molecule has 2 N–H and O–H groups in total. The summed E-state index contributed by atoms with van der Waals surface area (Å²) < 4.78 is 5.38. The van der Waals surface area contributed by atoms with Crippen LogP contribution in [-0.4, -0.2) is 35.2 Å². The van der Waals surface area contributed by atoms with Crippen LogP contribution in [0.3, 0.4) is 0 Å². The Morgan fingerprint density at radius 3 is 2.41 bits per heavy atom. The molecule has 6 nitrogen and oxygen atoms in total. The second kappa shape index (κ2) is 7.24. The molecule has 22 heavy (non-hydrogen) atoms. The smallest absolute Gasteiger partial charge is 0.228 e. The van der Waals surface area contributed by atoms with Crippen LogP contribution in [0.5, 0.6) is 5.88 Å². The van der Waals surface area contributed by atoms with E-state index in [1.165, 1.54) is 19.3 Å². The number of pyridine rings is 1. The molecular weight excluding hydrogens is 278 g/mol. The van der Waals surface area contributed by atoms with Gasteiger partial charge in [-0.25, -0.2) is 9.97 Å². The topological polar surface area (TPSA) is 77.2 Å². The monoisotopic (exact) mass is 303 g/mol. The van der Waals surface area contributed by atoms with Gasteiger partial charge in [0.2, 0.25) is 5.88 Å². The van der Waals surface area contributed by atoms with Crippen LogP contribution in [-0.2, 0) is 0 Å². The quantitative estimate of drug-likeness (QED) is 0.919. The Kier molecular flexibility index (Phi) is 5.35. The Balaban J connectivity index is 0.000000847. The Morgan fingerprint density at radius 1 is 1.09 bits per heavy atom. The number of rotatable bonds is 2. The molecule has 1 fully saturated rings. The van der Waals surface area contributed by atoms with Crippen molar-refractivity contribution in [2.45, 2.75) is 40.0 Å². The number of piperidine rings is 1. The van der Waals surface area contributed by atoms with Gasteiger partial charge in [-0.05, 0) is 26.2 Å². The zero-order valence-electron chi connectivity index (χ0n) is 13.9. The molecule has 1 saturated heterocycles. The maximum atomic E-state index is 5.81. The number of ether oxygens (including phenoxy) is 1. The zero-order chi connectivity index (χ0) is 16.1. The van der Waals surface area contributed by atoms with Gasteiger partial charge >= 0.3 is 0 Å². The minimum absolute atomic E-state index is 0.414. The summed E-state index contributed by atoms with van der Waals surface area (Å²) in [6.45, 7) is 7.92. The molecule has 0 radical (unpaired) electrons. The fourth-order valence-corrected chi connectivity index (χ4v) is 2.72. The molecular formula is C16H25N5O.